The monoisotopic (exact) mass is 299 g/mol. The fourth-order valence-corrected chi connectivity index (χ4v) is 3.28. The van der Waals surface area contributed by atoms with Gasteiger partial charge in [-0.15, -0.1) is 0 Å². The second kappa shape index (κ2) is 9.64. The minimum atomic E-state index is 0.230. The van der Waals surface area contributed by atoms with Gasteiger partial charge in [-0.25, -0.2) is 0 Å². The van der Waals surface area contributed by atoms with E-state index in [4.69, 9.17) is 10.00 Å². The Balaban J connectivity index is 1.64. The Morgan fingerprint density at radius 3 is 2.41 bits per heavy atom. The van der Waals surface area contributed by atoms with Gasteiger partial charge in [-0.1, -0.05) is 57.6 Å². The van der Waals surface area contributed by atoms with Gasteiger partial charge >= 0.3 is 0 Å². The van der Waals surface area contributed by atoms with Crippen LogP contribution in [0.3, 0.4) is 0 Å². The van der Waals surface area contributed by atoms with Crippen molar-refractivity contribution in [1.29, 1.82) is 5.26 Å². The largest absolute Gasteiger partial charge is 0.373 e. The summed E-state index contributed by atoms with van der Waals surface area (Å²) in [5, 5.41) is 8.84. The minimum absolute atomic E-state index is 0.230. The fraction of sp³-hybridized carbons (Fsp3) is 0.650. The van der Waals surface area contributed by atoms with Crippen molar-refractivity contribution >= 4 is 0 Å². The van der Waals surface area contributed by atoms with Crippen LogP contribution in [0.5, 0.6) is 0 Å². The first-order valence-electron chi connectivity index (χ1n) is 8.95. The number of unbranched alkanes of at least 4 members (excludes halogenated alkanes) is 5. The number of rotatable bonds is 8. The summed E-state index contributed by atoms with van der Waals surface area (Å²) in [6, 6.07) is 10.0. The number of nitrogens with zero attached hydrogens (tertiary/aromatic N) is 1. The van der Waals surface area contributed by atoms with Crippen LogP contribution in [0.15, 0.2) is 24.3 Å². The van der Waals surface area contributed by atoms with E-state index in [2.05, 4.69) is 13.0 Å². The lowest BCUT2D eigenvalue weighted by atomic mass is 9.90. The normalized spacial score (nSPS) is 21.5. The maximum atomic E-state index is 8.84. The zero-order chi connectivity index (χ0) is 15.6. The smallest absolute Gasteiger partial charge is 0.0991 e. The van der Waals surface area contributed by atoms with Crippen molar-refractivity contribution in [3.63, 3.8) is 0 Å². The zero-order valence-corrected chi connectivity index (χ0v) is 13.9. The first-order chi connectivity index (χ1) is 10.8. The molecule has 0 N–H and O–H groups in total. The molecule has 1 aromatic rings. The van der Waals surface area contributed by atoms with Crippen LogP contribution in [-0.4, -0.2) is 6.61 Å². The van der Waals surface area contributed by atoms with Crippen molar-refractivity contribution in [2.24, 2.45) is 5.92 Å². The van der Waals surface area contributed by atoms with Gasteiger partial charge in [-0.05, 0) is 42.9 Å². The Bertz CT molecular complexity index is 452. The molecular weight excluding hydrogens is 270 g/mol. The SMILES string of the molecule is CCCCCCCCC1CCC(c2ccc(C#N)cc2)OC1. The van der Waals surface area contributed by atoms with Gasteiger partial charge in [0.05, 0.1) is 24.3 Å². The summed E-state index contributed by atoms with van der Waals surface area (Å²) in [6.07, 6.45) is 12.2. The lowest BCUT2D eigenvalue weighted by Crippen LogP contribution is -2.20. The number of benzene rings is 1. The summed E-state index contributed by atoms with van der Waals surface area (Å²) in [5.74, 6) is 0.751. The molecule has 1 aromatic carbocycles. The topological polar surface area (TPSA) is 33.0 Å². The Morgan fingerprint density at radius 1 is 1.05 bits per heavy atom. The van der Waals surface area contributed by atoms with Gasteiger partial charge in [0.2, 0.25) is 0 Å². The molecule has 2 atom stereocenters. The molecule has 0 amide bonds. The van der Waals surface area contributed by atoms with Crippen LogP contribution in [0.1, 0.15) is 81.9 Å². The molecule has 0 aromatic heterocycles. The average molecular weight is 299 g/mol. The fourth-order valence-electron chi connectivity index (χ4n) is 3.28. The zero-order valence-electron chi connectivity index (χ0n) is 13.9. The summed E-state index contributed by atoms with van der Waals surface area (Å²) in [4.78, 5) is 0. The Morgan fingerprint density at radius 2 is 1.77 bits per heavy atom. The van der Waals surface area contributed by atoms with Crippen molar-refractivity contribution in [1.82, 2.24) is 0 Å². The van der Waals surface area contributed by atoms with E-state index < -0.39 is 0 Å². The molecule has 2 rings (SSSR count). The molecule has 2 unspecified atom stereocenters. The van der Waals surface area contributed by atoms with Crippen molar-refractivity contribution in [3.05, 3.63) is 35.4 Å². The Hall–Kier alpha value is -1.33. The van der Waals surface area contributed by atoms with E-state index in [1.54, 1.807) is 0 Å². The molecular formula is C20H29NO. The molecule has 1 aliphatic heterocycles. The second-order valence-electron chi connectivity index (χ2n) is 6.56. The first kappa shape index (κ1) is 17.0. The maximum Gasteiger partial charge on any atom is 0.0991 e. The summed E-state index contributed by atoms with van der Waals surface area (Å²) in [5.41, 5.74) is 1.94. The molecule has 0 radical (unpaired) electrons. The predicted molar refractivity (Wildman–Crippen MR) is 90.6 cm³/mol. The predicted octanol–water partition coefficient (Wildman–Crippen LogP) is 5.78. The van der Waals surface area contributed by atoms with E-state index in [0.29, 0.717) is 0 Å². The number of hydrogen-bond donors (Lipinski definition) is 0. The number of ether oxygens (including phenoxy) is 1. The van der Waals surface area contributed by atoms with Gasteiger partial charge in [-0.3, -0.25) is 0 Å². The molecule has 0 spiro atoms. The van der Waals surface area contributed by atoms with E-state index >= 15 is 0 Å². The molecule has 2 heteroatoms. The molecule has 120 valence electrons. The van der Waals surface area contributed by atoms with Crippen molar-refractivity contribution in [2.45, 2.75) is 70.8 Å². The quantitative estimate of drug-likeness (QED) is 0.570. The van der Waals surface area contributed by atoms with Crippen LogP contribution in [-0.2, 0) is 4.74 Å². The van der Waals surface area contributed by atoms with Gasteiger partial charge in [-0.2, -0.15) is 5.26 Å². The van der Waals surface area contributed by atoms with E-state index in [1.807, 2.05) is 24.3 Å². The van der Waals surface area contributed by atoms with Crippen molar-refractivity contribution < 1.29 is 4.74 Å². The minimum Gasteiger partial charge on any atom is -0.373 e. The van der Waals surface area contributed by atoms with E-state index in [9.17, 15) is 0 Å². The number of hydrogen-bond acceptors (Lipinski definition) is 2. The highest BCUT2D eigenvalue weighted by atomic mass is 16.5. The molecule has 22 heavy (non-hydrogen) atoms. The Labute approximate surface area is 135 Å². The molecule has 0 saturated carbocycles. The summed E-state index contributed by atoms with van der Waals surface area (Å²) in [7, 11) is 0. The highest BCUT2D eigenvalue weighted by molar-refractivity contribution is 5.32. The lowest BCUT2D eigenvalue weighted by molar-refractivity contribution is -0.0199. The highest BCUT2D eigenvalue weighted by Gasteiger charge is 2.22. The standard InChI is InChI=1S/C20H29NO/c1-2-3-4-5-6-7-8-18-11-14-20(22-16-18)19-12-9-17(15-21)10-13-19/h9-10,12-13,18,20H,2-8,11,14,16H2,1H3. The van der Waals surface area contributed by atoms with Gasteiger partial charge in [0, 0.05) is 0 Å². The molecule has 1 saturated heterocycles. The molecule has 1 heterocycles. The molecule has 0 bridgehead atoms. The Kier molecular flexibility index (Phi) is 7.46. The van der Waals surface area contributed by atoms with Crippen molar-refractivity contribution in [3.8, 4) is 6.07 Å². The molecule has 0 aliphatic carbocycles. The molecule has 1 aliphatic rings. The van der Waals surface area contributed by atoms with Gasteiger partial charge in [0.1, 0.15) is 0 Å². The third kappa shape index (κ3) is 5.46. The van der Waals surface area contributed by atoms with Crippen LogP contribution >= 0.6 is 0 Å². The highest BCUT2D eigenvalue weighted by Crippen LogP contribution is 2.32. The first-order valence-corrected chi connectivity index (χ1v) is 8.95. The number of nitriles is 1. The van der Waals surface area contributed by atoms with E-state index in [0.717, 1.165) is 24.5 Å². The van der Waals surface area contributed by atoms with Crippen molar-refractivity contribution in [2.75, 3.05) is 6.61 Å². The van der Waals surface area contributed by atoms with Crippen LogP contribution in [0.25, 0.3) is 0 Å². The van der Waals surface area contributed by atoms with Gasteiger partial charge < -0.3 is 4.74 Å². The summed E-state index contributed by atoms with van der Waals surface area (Å²) in [6.45, 7) is 3.17. The van der Waals surface area contributed by atoms with Gasteiger partial charge in [0.15, 0.2) is 0 Å². The molecule has 2 nitrogen and oxygen atoms in total. The van der Waals surface area contributed by atoms with Crippen LogP contribution < -0.4 is 0 Å². The van der Waals surface area contributed by atoms with Crippen LogP contribution in [0.4, 0.5) is 0 Å². The van der Waals surface area contributed by atoms with E-state index in [-0.39, 0.29) is 6.10 Å². The third-order valence-corrected chi connectivity index (χ3v) is 4.75. The van der Waals surface area contributed by atoms with Gasteiger partial charge in [0.25, 0.3) is 0 Å². The third-order valence-electron chi connectivity index (χ3n) is 4.75. The molecule has 1 fully saturated rings. The summed E-state index contributed by atoms with van der Waals surface area (Å²) < 4.78 is 6.06. The maximum absolute atomic E-state index is 8.84. The summed E-state index contributed by atoms with van der Waals surface area (Å²) >= 11 is 0. The lowest BCUT2D eigenvalue weighted by Gasteiger charge is -2.29. The second-order valence-corrected chi connectivity index (χ2v) is 6.56. The van der Waals surface area contributed by atoms with Crippen LogP contribution in [0, 0.1) is 17.2 Å². The van der Waals surface area contributed by atoms with E-state index in [1.165, 1.54) is 56.9 Å². The van der Waals surface area contributed by atoms with Crippen LogP contribution in [0.2, 0.25) is 0 Å². The average Bonchev–Trinajstić information content (AvgIpc) is 2.59.